The molecular weight excluding hydrogens is 317 g/mol. The van der Waals surface area contributed by atoms with Crippen LogP contribution >= 0.6 is 11.6 Å². The number of aromatic nitrogens is 4. The van der Waals surface area contributed by atoms with Gasteiger partial charge in [0.1, 0.15) is 18.0 Å². The van der Waals surface area contributed by atoms with Gasteiger partial charge in [0, 0.05) is 23.3 Å². The second-order valence-corrected chi connectivity index (χ2v) is 5.60. The lowest BCUT2D eigenvalue weighted by atomic mass is 10.2. The third kappa shape index (κ3) is 3.48. The fraction of sp³-hybridized carbons (Fsp3) is 0.188. The van der Waals surface area contributed by atoms with Crippen LogP contribution in [0.2, 0.25) is 5.02 Å². The Morgan fingerprint density at radius 1 is 1.17 bits per heavy atom. The number of benzene rings is 1. The highest BCUT2D eigenvalue weighted by Crippen LogP contribution is 2.19. The molecular formula is C16H15ClFN5. The van der Waals surface area contributed by atoms with Crippen LogP contribution in [0, 0.1) is 19.7 Å². The van der Waals surface area contributed by atoms with Crippen molar-refractivity contribution >= 4 is 17.4 Å². The minimum absolute atomic E-state index is 0.354. The average molecular weight is 332 g/mol. The third-order valence-electron chi connectivity index (χ3n) is 3.35. The molecule has 0 saturated carbocycles. The monoisotopic (exact) mass is 331 g/mol. The third-order valence-corrected chi connectivity index (χ3v) is 3.71. The van der Waals surface area contributed by atoms with Gasteiger partial charge in [0.2, 0.25) is 0 Å². The molecule has 5 nitrogen and oxygen atoms in total. The first-order valence-electron chi connectivity index (χ1n) is 7.06. The van der Waals surface area contributed by atoms with Crippen molar-refractivity contribution < 1.29 is 4.39 Å². The predicted molar refractivity (Wildman–Crippen MR) is 87.4 cm³/mol. The van der Waals surface area contributed by atoms with E-state index in [2.05, 4.69) is 20.4 Å². The Balaban J connectivity index is 1.79. The van der Waals surface area contributed by atoms with Crippen LogP contribution in [0.4, 0.5) is 10.2 Å². The molecule has 0 aliphatic rings. The van der Waals surface area contributed by atoms with Crippen molar-refractivity contribution in [3.63, 3.8) is 0 Å². The summed E-state index contributed by atoms with van der Waals surface area (Å²) in [7, 11) is 0. The molecule has 1 aromatic carbocycles. The van der Waals surface area contributed by atoms with Crippen LogP contribution in [0.3, 0.4) is 0 Å². The number of rotatable bonds is 4. The maximum absolute atomic E-state index is 13.1. The highest BCUT2D eigenvalue weighted by molar-refractivity contribution is 6.31. The van der Waals surface area contributed by atoms with E-state index < -0.39 is 0 Å². The largest absolute Gasteiger partial charge is 0.366 e. The average Bonchev–Trinajstić information content (AvgIpc) is 2.85. The molecule has 1 N–H and O–H groups in total. The molecule has 23 heavy (non-hydrogen) atoms. The first-order chi connectivity index (χ1) is 11.0. The number of hydrogen-bond donors (Lipinski definition) is 1. The molecule has 0 aliphatic heterocycles. The zero-order valence-corrected chi connectivity index (χ0v) is 13.5. The van der Waals surface area contributed by atoms with E-state index in [0.717, 1.165) is 17.0 Å². The second kappa shape index (κ2) is 6.34. The van der Waals surface area contributed by atoms with E-state index in [1.165, 1.54) is 18.5 Å². The number of aryl methyl sites for hydroxylation is 2. The molecule has 0 spiro atoms. The molecule has 0 bridgehead atoms. The van der Waals surface area contributed by atoms with Crippen LogP contribution in [0.25, 0.3) is 5.82 Å². The minimum Gasteiger partial charge on any atom is -0.366 e. The Labute approximate surface area is 138 Å². The summed E-state index contributed by atoms with van der Waals surface area (Å²) in [6.07, 6.45) is 1.47. The lowest BCUT2D eigenvalue weighted by molar-refractivity contribution is 0.627. The fourth-order valence-corrected chi connectivity index (χ4v) is 2.51. The Morgan fingerprint density at radius 3 is 2.70 bits per heavy atom. The standard InChI is InChI=1S/C16H15ClFN5/c1-10-5-11(2)23(22-10)16-7-15(20-9-21-16)19-8-12-3-4-13(18)6-14(12)17/h3-7,9H,8H2,1-2H3,(H,19,20,21). The van der Waals surface area contributed by atoms with Gasteiger partial charge in [-0.15, -0.1) is 0 Å². The number of halogens is 2. The zero-order valence-electron chi connectivity index (χ0n) is 12.7. The van der Waals surface area contributed by atoms with Gasteiger partial charge in [0.25, 0.3) is 0 Å². The van der Waals surface area contributed by atoms with E-state index in [-0.39, 0.29) is 5.82 Å². The molecule has 3 aromatic rings. The molecule has 2 heterocycles. The first-order valence-corrected chi connectivity index (χ1v) is 7.44. The van der Waals surface area contributed by atoms with E-state index in [1.807, 2.05) is 19.9 Å². The Bertz CT molecular complexity index is 846. The van der Waals surface area contributed by atoms with Crippen molar-refractivity contribution in [3.05, 3.63) is 64.5 Å². The molecule has 118 valence electrons. The van der Waals surface area contributed by atoms with Crippen LogP contribution in [0.5, 0.6) is 0 Å². The highest BCUT2D eigenvalue weighted by Gasteiger charge is 2.07. The summed E-state index contributed by atoms with van der Waals surface area (Å²) in [5, 5.41) is 7.94. The lowest BCUT2D eigenvalue weighted by Crippen LogP contribution is -2.06. The van der Waals surface area contributed by atoms with Crippen molar-refractivity contribution in [2.24, 2.45) is 0 Å². The van der Waals surface area contributed by atoms with Crippen molar-refractivity contribution in [2.45, 2.75) is 20.4 Å². The van der Waals surface area contributed by atoms with Gasteiger partial charge in [0.05, 0.1) is 5.69 Å². The Kier molecular flexibility index (Phi) is 4.25. The van der Waals surface area contributed by atoms with Gasteiger partial charge in [-0.05, 0) is 37.6 Å². The van der Waals surface area contributed by atoms with Crippen LogP contribution in [-0.2, 0) is 6.54 Å². The molecule has 0 fully saturated rings. The van der Waals surface area contributed by atoms with Crippen LogP contribution in [0.15, 0.2) is 36.7 Å². The Morgan fingerprint density at radius 2 is 2.00 bits per heavy atom. The predicted octanol–water partition coefficient (Wildman–Crippen LogP) is 3.68. The smallest absolute Gasteiger partial charge is 0.159 e. The van der Waals surface area contributed by atoms with Gasteiger partial charge in [-0.1, -0.05) is 17.7 Å². The molecule has 0 aliphatic carbocycles. The quantitative estimate of drug-likeness (QED) is 0.792. The van der Waals surface area contributed by atoms with Crippen LogP contribution in [0.1, 0.15) is 17.0 Å². The van der Waals surface area contributed by atoms with E-state index in [1.54, 1.807) is 16.8 Å². The number of nitrogens with zero attached hydrogens (tertiary/aromatic N) is 4. The van der Waals surface area contributed by atoms with Gasteiger partial charge in [-0.25, -0.2) is 19.0 Å². The molecule has 7 heteroatoms. The maximum atomic E-state index is 13.1. The van der Waals surface area contributed by atoms with Gasteiger partial charge in [-0.3, -0.25) is 0 Å². The molecule has 0 unspecified atom stereocenters. The SMILES string of the molecule is Cc1cc(C)n(-c2cc(NCc3ccc(F)cc3Cl)ncn2)n1. The molecule has 0 atom stereocenters. The lowest BCUT2D eigenvalue weighted by Gasteiger charge is -2.09. The fourth-order valence-electron chi connectivity index (χ4n) is 2.27. The summed E-state index contributed by atoms with van der Waals surface area (Å²) in [6, 6.07) is 8.10. The molecule has 3 rings (SSSR count). The number of anilines is 1. The van der Waals surface area contributed by atoms with Crippen molar-refractivity contribution in [2.75, 3.05) is 5.32 Å². The van der Waals surface area contributed by atoms with Crippen molar-refractivity contribution in [3.8, 4) is 5.82 Å². The Hall–Kier alpha value is -2.47. The van der Waals surface area contributed by atoms with Crippen molar-refractivity contribution in [1.29, 1.82) is 0 Å². The minimum atomic E-state index is -0.354. The van der Waals surface area contributed by atoms with Crippen molar-refractivity contribution in [1.82, 2.24) is 19.7 Å². The highest BCUT2D eigenvalue weighted by atomic mass is 35.5. The zero-order chi connectivity index (χ0) is 16.4. The van der Waals surface area contributed by atoms with Crippen LogP contribution in [-0.4, -0.2) is 19.7 Å². The summed E-state index contributed by atoms with van der Waals surface area (Å²) >= 11 is 6.02. The van der Waals surface area contributed by atoms with Gasteiger partial charge in [0.15, 0.2) is 5.82 Å². The van der Waals surface area contributed by atoms with Gasteiger partial charge >= 0.3 is 0 Å². The molecule has 2 aromatic heterocycles. The maximum Gasteiger partial charge on any atom is 0.159 e. The summed E-state index contributed by atoms with van der Waals surface area (Å²) in [5.41, 5.74) is 2.71. The molecule has 0 amide bonds. The summed E-state index contributed by atoms with van der Waals surface area (Å²) in [5.74, 6) is 0.967. The number of hydrogen-bond acceptors (Lipinski definition) is 4. The van der Waals surface area contributed by atoms with E-state index >= 15 is 0 Å². The first kappa shape index (κ1) is 15.4. The van der Waals surface area contributed by atoms with E-state index in [9.17, 15) is 4.39 Å². The van der Waals surface area contributed by atoms with Gasteiger partial charge < -0.3 is 5.32 Å². The topological polar surface area (TPSA) is 55.6 Å². The second-order valence-electron chi connectivity index (χ2n) is 5.19. The normalized spacial score (nSPS) is 10.8. The number of nitrogens with one attached hydrogen (secondary N) is 1. The summed E-state index contributed by atoms with van der Waals surface area (Å²) in [6.45, 7) is 4.33. The van der Waals surface area contributed by atoms with E-state index in [0.29, 0.717) is 23.2 Å². The van der Waals surface area contributed by atoms with Gasteiger partial charge in [-0.2, -0.15) is 5.10 Å². The van der Waals surface area contributed by atoms with Crippen LogP contribution < -0.4 is 5.32 Å². The summed E-state index contributed by atoms with van der Waals surface area (Å²) in [4.78, 5) is 8.42. The van der Waals surface area contributed by atoms with E-state index in [4.69, 9.17) is 11.6 Å². The molecule has 0 saturated heterocycles. The summed E-state index contributed by atoms with van der Waals surface area (Å²) < 4.78 is 14.8. The molecule has 0 radical (unpaired) electrons.